The summed E-state index contributed by atoms with van der Waals surface area (Å²) < 4.78 is 3.31. The van der Waals surface area contributed by atoms with Gasteiger partial charge in [-0.05, 0) is 43.3 Å². The molecule has 0 unspecified atom stereocenters. The first-order chi connectivity index (χ1) is 12.5. The van der Waals surface area contributed by atoms with Crippen LogP contribution in [0.15, 0.2) is 53.3 Å². The Morgan fingerprint density at radius 2 is 1.62 bits per heavy atom. The Balaban J connectivity index is 1.72. The van der Waals surface area contributed by atoms with E-state index in [0.29, 0.717) is 17.8 Å². The van der Waals surface area contributed by atoms with E-state index >= 15 is 0 Å². The topological polar surface area (TPSA) is 99.1 Å². The predicted octanol–water partition coefficient (Wildman–Crippen LogP) is 1.95. The Labute approximate surface area is 150 Å². The van der Waals surface area contributed by atoms with E-state index in [1.807, 2.05) is 31.2 Å². The summed E-state index contributed by atoms with van der Waals surface area (Å²) in [6.07, 6.45) is 0.162. The lowest BCUT2D eigenvalue weighted by Crippen LogP contribution is -2.25. The third-order valence-electron chi connectivity index (χ3n) is 4.26. The van der Waals surface area contributed by atoms with Crippen LogP contribution >= 0.6 is 0 Å². The number of primary amides is 1. The SMILES string of the molecule is CCn1c(=O)n(CCC(=O)Nc2ccc(C(N)=O)cc2)c2ccccc21. The lowest BCUT2D eigenvalue weighted by Gasteiger charge is -2.06. The number of nitrogens with two attached hydrogens (primary N) is 1. The summed E-state index contributed by atoms with van der Waals surface area (Å²) in [5.74, 6) is -0.730. The van der Waals surface area contributed by atoms with Crippen molar-refractivity contribution in [2.24, 2.45) is 5.73 Å². The third-order valence-corrected chi connectivity index (χ3v) is 4.26. The van der Waals surface area contributed by atoms with E-state index in [1.54, 1.807) is 33.4 Å². The molecule has 0 bridgehead atoms. The van der Waals surface area contributed by atoms with Crippen LogP contribution in [0.3, 0.4) is 0 Å². The molecule has 1 aromatic heterocycles. The van der Waals surface area contributed by atoms with Gasteiger partial charge < -0.3 is 11.1 Å². The normalized spacial score (nSPS) is 10.8. The number of benzene rings is 2. The van der Waals surface area contributed by atoms with Crippen molar-refractivity contribution in [1.29, 1.82) is 0 Å². The summed E-state index contributed by atoms with van der Waals surface area (Å²) in [4.78, 5) is 35.8. The van der Waals surface area contributed by atoms with E-state index in [0.717, 1.165) is 11.0 Å². The molecule has 134 valence electrons. The van der Waals surface area contributed by atoms with Crippen molar-refractivity contribution in [3.8, 4) is 0 Å². The molecule has 3 rings (SSSR count). The number of anilines is 1. The van der Waals surface area contributed by atoms with Crippen LogP contribution in [0.2, 0.25) is 0 Å². The summed E-state index contributed by atoms with van der Waals surface area (Å²) in [6, 6.07) is 13.9. The number of hydrogen-bond acceptors (Lipinski definition) is 3. The third kappa shape index (κ3) is 3.37. The highest BCUT2D eigenvalue weighted by molar-refractivity contribution is 5.94. The molecule has 1 heterocycles. The maximum Gasteiger partial charge on any atom is 0.329 e. The minimum absolute atomic E-state index is 0.118. The van der Waals surface area contributed by atoms with E-state index in [2.05, 4.69) is 5.32 Å². The fourth-order valence-electron chi connectivity index (χ4n) is 2.95. The van der Waals surface area contributed by atoms with Gasteiger partial charge in [0, 0.05) is 30.8 Å². The summed E-state index contributed by atoms with van der Waals surface area (Å²) in [5.41, 5.74) is 7.70. The monoisotopic (exact) mass is 352 g/mol. The van der Waals surface area contributed by atoms with E-state index in [-0.39, 0.29) is 24.6 Å². The van der Waals surface area contributed by atoms with E-state index in [9.17, 15) is 14.4 Å². The molecular weight excluding hydrogens is 332 g/mol. The molecule has 26 heavy (non-hydrogen) atoms. The number of aryl methyl sites for hydroxylation is 2. The summed E-state index contributed by atoms with van der Waals surface area (Å²) >= 11 is 0. The van der Waals surface area contributed by atoms with Crippen molar-refractivity contribution in [3.05, 3.63) is 64.6 Å². The number of carbonyl (C=O) groups is 2. The van der Waals surface area contributed by atoms with Crippen molar-refractivity contribution >= 4 is 28.5 Å². The molecule has 3 N–H and O–H groups in total. The molecule has 2 aromatic carbocycles. The zero-order chi connectivity index (χ0) is 18.7. The zero-order valence-corrected chi connectivity index (χ0v) is 14.4. The smallest absolute Gasteiger partial charge is 0.329 e. The van der Waals surface area contributed by atoms with Crippen molar-refractivity contribution in [1.82, 2.24) is 9.13 Å². The number of rotatable bonds is 6. The number of carbonyl (C=O) groups excluding carboxylic acids is 2. The number of nitrogens with one attached hydrogen (secondary N) is 1. The minimum atomic E-state index is -0.519. The van der Waals surface area contributed by atoms with Crippen molar-refractivity contribution in [2.75, 3.05) is 5.32 Å². The molecule has 0 spiro atoms. The van der Waals surface area contributed by atoms with Gasteiger partial charge in [0.1, 0.15) is 0 Å². The number of para-hydroxylation sites is 2. The van der Waals surface area contributed by atoms with Gasteiger partial charge in [-0.1, -0.05) is 12.1 Å². The fourth-order valence-corrected chi connectivity index (χ4v) is 2.95. The Hall–Kier alpha value is -3.35. The van der Waals surface area contributed by atoms with Gasteiger partial charge in [0.25, 0.3) is 0 Å². The molecule has 3 aromatic rings. The van der Waals surface area contributed by atoms with Gasteiger partial charge in [-0.15, -0.1) is 0 Å². The van der Waals surface area contributed by atoms with Crippen LogP contribution in [0.1, 0.15) is 23.7 Å². The lowest BCUT2D eigenvalue weighted by atomic mass is 10.2. The van der Waals surface area contributed by atoms with Crippen molar-refractivity contribution < 1.29 is 9.59 Å². The van der Waals surface area contributed by atoms with Gasteiger partial charge in [-0.2, -0.15) is 0 Å². The van der Waals surface area contributed by atoms with Gasteiger partial charge in [-0.3, -0.25) is 18.7 Å². The highest BCUT2D eigenvalue weighted by Gasteiger charge is 2.13. The van der Waals surface area contributed by atoms with Crippen molar-refractivity contribution in [2.45, 2.75) is 26.4 Å². The second-order valence-corrected chi connectivity index (χ2v) is 5.91. The first-order valence-electron chi connectivity index (χ1n) is 8.39. The van der Waals surface area contributed by atoms with Crippen LogP contribution in [0.5, 0.6) is 0 Å². The summed E-state index contributed by atoms with van der Waals surface area (Å²) in [5, 5.41) is 2.75. The lowest BCUT2D eigenvalue weighted by molar-refractivity contribution is -0.116. The maximum atomic E-state index is 12.5. The quantitative estimate of drug-likeness (QED) is 0.709. The molecule has 0 aliphatic rings. The van der Waals surface area contributed by atoms with E-state index in [4.69, 9.17) is 5.73 Å². The molecule has 0 aliphatic carbocycles. The average Bonchev–Trinajstić information content (AvgIpc) is 2.91. The molecule has 7 heteroatoms. The Kier molecular flexibility index (Phi) is 4.88. The average molecular weight is 352 g/mol. The van der Waals surface area contributed by atoms with Crippen LogP contribution < -0.4 is 16.7 Å². The minimum Gasteiger partial charge on any atom is -0.366 e. The number of fused-ring (bicyclic) bond motifs is 1. The standard InChI is InChI=1S/C19H20N4O3/c1-2-22-15-5-3-4-6-16(15)23(19(22)26)12-11-17(24)21-14-9-7-13(8-10-14)18(20)25/h3-10H,2,11-12H2,1H3,(H2,20,25)(H,21,24). The molecule has 2 amide bonds. The van der Waals surface area contributed by atoms with Crippen LogP contribution in [-0.4, -0.2) is 20.9 Å². The molecule has 7 nitrogen and oxygen atoms in total. The second-order valence-electron chi connectivity index (χ2n) is 5.91. The Bertz CT molecular complexity index is 1020. The first-order valence-corrected chi connectivity index (χ1v) is 8.39. The van der Waals surface area contributed by atoms with Crippen LogP contribution in [0.25, 0.3) is 11.0 Å². The van der Waals surface area contributed by atoms with Gasteiger partial charge in [0.05, 0.1) is 11.0 Å². The molecular formula is C19H20N4O3. The van der Waals surface area contributed by atoms with Crippen LogP contribution in [-0.2, 0) is 17.9 Å². The van der Waals surface area contributed by atoms with Gasteiger partial charge >= 0.3 is 5.69 Å². The van der Waals surface area contributed by atoms with E-state index in [1.165, 1.54) is 0 Å². The highest BCUT2D eigenvalue weighted by Crippen LogP contribution is 2.14. The summed E-state index contributed by atoms with van der Waals surface area (Å²) in [7, 11) is 0. The predicted molar refractivity (Wildman–Crippen MR) is 100 cm³/mol. The molecule has 0 fully saturated rings. The number of imidazole rings is 1. The van der Waals surface area contributed by atoms with E-state index < -0.39 is 5.91 Å². The second kappa shape index (κ2) is 7.26. The van der Waals surface area contributed by atoms with Gasteiger partial charge in [0.15, 0.2) is 0 Å². The zero-order valence-electron chi connectivity index (χ0n) is 14.4. The molecule has 0 saturated heterocycles. The number of aromatic nitrogens is 2. The van der Waals surface area contributed by atoms with Crippen LogP contribution in [0.4, 0.5) is 5.69 Å². The Morgan fingerprint density at radius 1 is 1.00 bits per heavy atom. The largest absolute Gasteiger partial charge is 0.366 e. The Morgan fingerprint density at radius 3 is 2.19 bits per heavy atom. The summed E-state index contributed by atoms with van der Waals surface area (Å²) in [6.45, 7) is 2.78. The molecule has 0 aliphatic heterocycles. The molecule has 0 atom stereocenters. The van der Waals surface area contributed by atoms with Crippen LogP contribution in [0, 0.1) is 0 Å². The molecule has 0 saturated carbocycles. The highest BCUT2D eigenvalue weighted by atomic mass is 16.2. The van der Waals surface area contributed by atoms with Gasteiger partial charge in [-0.25, -0.2) is 4.79 Å². The maximum absolute atomic E-state index is 12.5. The molecule has 0 radical (unpaired) electrons. The first kappa shape index (κ1) is 17.5. The number of hydrogen-bond donors (Lipinski definition) is 2. The van der Waals surface area contributed by atoms with Gasteiger partial charge in [0.2, 0.25) is 11.8 Å². The van der Waals surface area contributed by atoms with Crippen molar-refractivity contribution in [3.63, 3.8) is 0 Å². The number of amides is 2. The fraction of sp³-hybridized carbons (Fsp3) is 0.211. The number of nitrogens with zero attached hydrogens (tertiary/aromatic N) is 2.